The van der Waals surface area contributed by atoms with Gasteiger partial charge in [-0.15, -0.1) is 0 Å². The topological polar surface area (TPSA) is 46.2 Å². The summed E-state index contributed by atoms with van der Waals surface area (Å²) in [4.78, 5) is 0. The molecule has 0 aliphatic heterocycles. The van der Waals surface area contributed by atoms with Gasteiger partial charge in [-0.1, -0.05) is 0 Å². The Morgan fingerprint density at radius 2 is 1.50 bits per heavy atom. The van der Waals surface area contributed by atoms with Crippen molar-refractivity contribution in [2.75, 3.05) is 0 Å². The number of aliphatic hydroxyl groups is 1. The molecular weight excluding hydrogens is 126 g/mol. The largest absolute Gasteiger partial charge is 0.393 e. The SMILES string of the molecule is NC1CC2CC(O)CC2C1. The molecule has 2 aliphatic carbocycles. The van der Waals surface area contributed by atoms with E-state index in [-0.39, 0.29) is 6.10 Å². The minimum absolute atomic E-state index is 0.0116. The van der Waals surface area contributed by atoms with Crippen molar-refractivity contribution in [3.8, 4) is 0 Å². The van der Waals surface area contributed by atoms with Crippen molar-refractivity contribution >= 4 is 0 Å². The van der Waals surface area contributed by atoms with Gasteiger partial charge in [0.2, 0.25) is 0 Å². The number of fused-ring (bicyclic) bond motifs is 1. The highest BCUT2D eigenvalue weighted by atomic mass is 16.3. The van der Waals surface area contributed by atoms with Gasteiger partial charge in [0.1, 0.15) is 0 Å². The third-order valence-corrected chi connectivity index (χ3v) is 3.03. The highest BCUT2D eigenvalue weighted by Gasteiger charge is 2.39. The summed E-state index contributed by atoms with van der Waals surface area (Å²) in [6.45, 7) is 0. The summed E-state index contributed by atoms with van der Waals surface area (Å²) in [6, 6.07) is 0.433. The lowest BCUT2D eigenvalue weighted by Crippen LogP contribution is -2.17. The van der Waals surface area contributed by atoms with E-state index in [1.807, 2.05) is 0 Å². The first kappa shape index (κ1) is 6.62. The fourth-order valence-corrected chi connectivity index (χ4v) is 2.63. The van der Waals surface area contributed by atoms with Crippen LogP contribution in [-0.2, 0) is 0 Å². The fourth-order valence-electron chi connectivity index (χ4n) is 2.63. The molecule has 10 heavy (non-hydrogen) atoms. The third-order valence-electron chi connectivity index (χ3n) is 3.03. The van der Waals surface area contributed by atoms with E-state index < -0.39 is 0 Å². The van der Waals surface area contributed by atoms with Gasteiger partial charge in [-0.3, -0.25) is 0 Å². The molecule has 2 heteroatoms. The zero-order chi connectivity index (χ0) is 7.14. The monoisotopic (exact) mass is 141 g/mol. The van der Waals surface area contributed by atoms with Crippen LogP contribution in [0.3, 0.4) is 0 Å². The second kappa shape index (κ2) is 2.21. The minimum atomic E-state index is -0.0116. The van der Waals surface area contributed by atoms with E-state index in [4.69, 9.17) is 5.73 Å². The van der Waals surface area contributed by atoms with Crippen LogP contribution in [0.25, 0.3) is 0 Å². The van der Waals surface area contributed by atoms with Crippen molar-refractivity contribution in [2.45, 2.75) is 37.8 Å². The first-order valence-corrected chi connectivity index (χ1v) is 4.19. The van der Waals surface area contributed by atoms with Crippen LogP contribution in [-0.4, -0.2) is 17.3 Å². The Morgan fingerprint density at radius 3 is 2.00 bits per heavy atom. The molecule has 2 atom stereocenters. The van der Waals surface area contributed by atoms with Crippen molar-refractivity contribution < 1.29 is 5.11 Å². The normalized spacial score (nSPS) is 53.4. The smallest absolute Gasteiger partial charge is 0.0545 e. The molecule has 2 nitrogen and oxygen atoms in total. The van der Waals surface area contributed by atoms with Crippen molar-refractivity contribution in [1.82, 2.24) is 0 Å². The van der Waals surface area contributed by atoms with Gasteiger partial charge in [0, 0.05) is 6.04 Å². The second-order valence-corrected chi connectivity index (χ2v) is 3.88. The van der Waals surface area contributed by atoms with Crippen LogP contribution in [0, 0.1) is 11.8 Å². The van der Waals surface area contributed by atoms with Gasteiger partial charge in [0.05, 0.1) is 6.10 Å². The molecule has 0 amide bonds. The van der Waals surface area contributed by atoms with Crippen LogP contribution in [0.15, 0.2) is 0 Å². The van der Waals surface area contributed by atoms with E-state index in [0.717, 1.165) is 37.5 Å². The molecule has 0 aromatic rings. The average molecular weight is 141 g/mol. The summed E-state index contributed by atoms with van der Waals surface area (Å²) in [7, 11) is 0. The summed E-state index contributed by atoms with van der Waals surface area (Å²) in [6.07, 6.45) is 4.32. The number of rotatable bonds is 0. The molecule has 0 aromatic carbocycles. The van der Waals surface area contributed by atoms with Gasteiger partial charge >= 0.3 is 0 Å². The summed E-state index contributed by atoms with van der Waals surface area (Å²) in [5.74, 6) is 1.51. The first-order valence-electron chi connectivity index (χ1n) is 4.19. The Hall–Kier alpha value is -0.0800. The predicted molar refractivity (Wildman–Crippen MR) is 39.4 cm³/mol. The highest BCUT2D eigenvalue weighted by Crippen LogP contribution is 2.43. The van der Waals surface area contributed by atoms with Crippen LogP contribution in [0.2, 0.25) is 0 Å². The molecule has 0 heterocycles. The maximum absolute atomic E-state index is 9.28. The van der Waals surface area contributed by atoms with Crippen LogP contribution < -0.4 is 5.73 Å². The maximum atomic E-state index is 9.28. The van der Waals surface area contributed by atoms with Crippen molar-refractivity contribution in [2.24, 2.45) is 17.6 Å². The number of aliphatic hydroxyl groups excluding tert-OH is 1. The van der Waals surface area contributed by atoms with Crippen LogP contribution in [0.5, 0.6) is 0 Å². The molecule has 2 unspecified atom stereocenters. The summed E-state index contributed by atoms with van der Waals surface area (Å²) in [5.41, 5.74) is 5.79. The molecule has 0 spiro atoms. The molecule has 2 fully saturated rings. The van der Waals surface area contributed by atoms with E-state index in [1.165, 1.54) is 0 Å². The Balaban J connectivity index is 2.00. The molecule has 0 aromatic heterocycles. The van der Waals surface area contributed by atoms with E-state index in [0.29, 0.717) is 6.04 Å². The average Bonchev–Trinajstić information content (AvgIpc) is 2.21. The number of hydrogen-bond donors (Lipinski definition) is 2. The molecule has 2 aliphatic rings. The highest BCUT2D eigenvalue weighted by molar-refractivity contribution is 4.92. The fraction of sp³-hybridized carbons (Fsp3) is 1.00. The molecule has 0 radical (unpaired) electrons. The molecular formula is C8H15NO. The molecule has 0 saturated heterocycles. The second-order valence-electron chi connectivity index (χ2n) is 3.88. The van der Waals surface area contributed by atoms with Crippen molar-refractivity contribution in [3.63, 3.8) is 0 Å². The van der Waals surface area contributed by atoms with E-state index >= 15 is 0 Å². The van der Waals surface area contributed by atoms with Gasteiger partial charge in [-0.2, -0.15) is 0 Å². The predicted octanol–water partition coefficient (Wildman–Crippen LogP) is 0.495. The zero-order valence-electron chi connectivity index (χ0n) is 6.16. The Kier molecular flexibility index (Phi) is 1.46. The molecule has 3 N–H and O–H groups in total. The van der Waals surface area contributed by atoms with Gasteiger partial charge in [-0.05, 0) is 37.5 Å². The van der Waals surface area contributed by atoms with E-state index in [2.05, 4.69) is 0 Å². The first-order chi connectivity index (χ1) is 4.75. The Morgan fingerprint density at radius 1 is 1.00 bits per heavy atom. The van der Waals surface area contributed by atoms with Crippen LogP contribution in [0.4, 0.5) is 0 Å². The lowest BCUT2D eigenvalue weighted by atomic mass is 10.0. The number of hydrogen-bond acceptors (Lipinski definition) is 2. The standard InChI is InChI=1S/C8H15NO/c9-7-1-5-3-8(10)4-6(5)2-7/h5-8,10H,1-4,9H2. The molecule has 2 saturated carbocycles. The van der Waals surface area contributed by atoms with E-state index in [1.54, 1.807) is 0 Å². The van der Waals surface area contributed by atoms with Gasteiger partial charge < -0.3 is 10.8 Å². The lowest BCUT2D eigenvalue weighted by molar-refractivity contribution is 0.171. The summed E-state index contributed by atoms with van der Waals surface area (Å²) >= 11 is 0. The zero-order valence-corrected chi connectivity index (χ0v) is 6.16. The van der Waals surface area contributed by atoms with E-state index in [9.17, 15) is 5.11 Å². The van der Waals surface area contributed by atoms with Gasteiger partial charge in [-0.25, -0.2) is 0 Å². The lowest BCUT2D eigenvalue weighted by Gasteiger charge is -2.04. The van der Waals surface area contributed by atoms with Crippen molar-refractivity contribution in [1.29, 1.82) is 0 Å². The van der Waals surface area contributed by atoms with Gasteiger partial charge in [0.25, 0.3) is 0 Å². The summed E-state index contributed by atoms with van der Waals surface area (Å²) < 4.78 is 0. The summed E-state index contributed by atoms with van der Waals surface area (Å²) in [5, 5.41) is 9.28. The van der Waals surface area contributed by atoms with Crippen molar-refractivity contribution in [3.05, 3.63) is 0 Å². The number of nitrogens with two attached hydrogens (primary N) is 1. The third kappa shape index (κ3) is 0.956. The molecule has 58 valence electrons. The van der Waals surface area contributed by atoms with Crippen LogP contribution in [0.1, 0.15) is 25.7 Å². The minimum Gasteiger partial charge on any atom is -0.393 e. The quantitative estimate of drug-likeness (QED) is 0.516. The van der Waals surface area contributed by atoms with Gasteiger partial charge in [0.15, 0.2) is 0 Å². The van der Waals surface area contributed by atoms with Crippen LogP contribution >= 0.6 is 0 Å². The Labute approximate surface area is 61.4 Å². The Bertz CT molecular complexity index is 109. The maximum Gasteiger partial charge on any atom is 0.0545 e. The molecule has 0 bridgehead atoms. The molecule has 2 rings (SSSR count).